The average Bonchev–Trinajstić information content (AvgIpc) is 2.94. The van der Waals surface area contributed by atoms with Gasteiger partial charge in [0.25, 0.3) is 9.05 Å². The van der Waals surface area contributed by atoms with E-state index in [0.717, 1.165) is 23.5 Å². The molecule has 0 aliphatic carbocycles. The van der Waals surface area contributed by atoms with E-state index in [0.29, 0.717) is 11.5 Å². The van der Waals surface area contributed by atoms with Crippen molar-refractivity contribution in [3.8, 4) is 11.5 Å². The fourth-order valence-electron chi connectivity index (χ4n) is 3.16. The molecule has 4 N–H and O–H groups in total. The van der Waals surface area contributed by atoms with Gasteiger partial charge in [0.15, 0.2) is 0 Å². The Balaban J connectivity index is 0.000000336. The number of benzene rings is 2. The Morgan fingerprint density at radius 3 is 1.35 bits per heavy atom. The quantitative estimate of drug-likeness (QED) is 0.264. The first-order valence-electron chi connectivity index (χ1n) is 11.3. The summed E-state index contributed by atoms with van der Waals surface area (Å²) in [5.74, 6) is 1.42. The first kappa shape index (κ1) is 30.5. The molecule has 0 saturated heterocycles. The summed E-state index contributed by atoms with van der Waals surface area (Å²) in [6.45, 7) is 0.339. The lowest BCUT2D eigenvalue weighted by molar-refractivity contribution is 0.397. The molecule has 2 aromatic heterocycles. The number of halogens is 1. The average molecular weight is 608 g/mol. The van der Waals surface area contributed by atoms with Crippen LogP contribution in [-0.2, 0) is 32.2 Å². The molecule has 0 saturated carbocycles. The Morgan fingerprint density at radius 1 is 0.675 bits per heavy atom. The number of hydrogen-bond acceptors (Lipinski definition) is 12. The second-order valence-corrected chi connectivity index (χ2v) is 12.5. The summed E-state index contributed by atoms with van der Waals surface area (Å²) in [6.07, 6.45) is 4.52. The molecule has 2 heterocycles. The van der Waals surface area contributed by atoms with Crippen molar-refractivity contribution in [2.45, 2.75) is 22.9 Å². The molecule has 13 nitrogen and oxygen atoms in total. The summed E-state index contributed by atoms with van der Waals surface area (Å²) in [5, 5.41) is 0. The molecule has 0 atom stereocenters. The molecule has 40 heavy (non-hydrogen) atoms. The van der Waals surface area contributed by atoms with E-state index in [1.165, 1.54) is 16.7 Å². The normalized spacial score (nSPS) is 11.4. The van der Waals surface area contributed by atoms with E-state index in [1.807, 2.05) is 24.3 Å². The molecule has 0 aliphatic heterocycles. The molecule has 0 unspecified atom stereocenters. The Bertz CT molecular complexity index is 1560. The van der Waals surface area contributed by atoms with E-state index >= 15 is 0 Å². The second-order valence-electron chi connectivity index (χ2n) is 7.96. The van der Waals surface area contributed by atoms with Crippen LogP contribution in [0.25, 0.3) is 0 Å². The van der Waals surface area contributed by atoms with Crippen molar-refractivity contribution < 1.29 is 26.3 Å². The lowest BCUT2D eigenvalue weighted by Gasteiger charge is -2.22. The van der Waals surface area contributed by atoms with Gasteiger partial charge in [0.2, 0.25) is 21.9 Å². The van der Waals surface area contributed by atoms with Gasteiger partial charge >= 0.3 is 0 Å². The van der Waals surface area contributed by atoms with Gasteiger partial charge in [-0.3, -0.25) is 0 Å². The van der Waals surface area contributed by atoms with Gasteiger partial charge in [-0.05, 0) is 35.4 Å². The summed E-state index contributed by atoms with van der Waals surface area (Å²) in [7, 11) is 0.539. The fraction of sp³-hybridized carbons (Fsp3) is 0.167. The van der Waals surface area contributed by atoms with Gasteiger partial charge < -0.3 is 20.9 Å². The fourth-order valence-corrected chi connectivity index (χ4v) is 5.06. The van der Waals surface area contributed by atoms with Crippen LogP contribution in [0, 0.1) is 0 Å². The van der Waals surface area contributed by atoms with Crippen LogP contribution >= 0.6 is 10.7 Å². The number of ether oxygens (including phenoxy) is 2. The molecule has 0 fully saturated rings. The molecule has 0 radical (unpaired) electrons. The number of hydrogen-bond donors (Lipinski definition) is 2. The van der Waals surface area contributed by atoms with E-state index in [2.05, 4.69) is 19.9 Å². The highest BCUT2D eigenvalue weighted by molar-refractivity contribution is 8.13. The van der Waals surface area contributed by atoms with E-state index in [-0.39, 0.29) is 34.8 Å². The van der Waals surface area contributed by atoms with Crippen molar-refractivity contribution in [1.82, 2.24) is 24.2 Å². The van der Waals surface area contributed by atoms with Crippen LogP contribution in [0.1, 0.15) is 11.1 Å². The Morgan fingerprint density at radius 2 is 1.02 bits per heavy atom. The minimum Gasteiger partial charge on any atom is -0.497 e. The van der Waals surface area contributed by atoms with Crippen LogP contribution in [0.5, 0.6) is 11.5 Å². The summed E-state index contributed by atoms with van der Waals surface area (Å²) < 4.78 is 59.4. The van der Waals surface area contributed by atoms with Gasteiger partial charge in [0, 0.05) is 23.8 Å². The van der Waals surface area contributed by atoms with Gasteiger partial charge in [-0.15, -0.1) is 0 Å². The molecule has 0 amide bonds. The van der Waals surface area contributed by atoms with Crippen LogP contribution in [0.2, 0.25) is 0 Å². The highest BCUT2D eigenvalue weighted by Crippen LogP contribution is 2.23. The lowest BCUT2D eigenvalue weighted by Crippen LogP contribution is -2.30. The largest absolute Gasteiger partial charge is 0.497 e. The Hall–Kier alpha value is -4.05. The predicted octanol–water partition coefficient (Wildman–Crippen LogP) is 2.45. The minimum absolute atomic E-state index is 0.00840. The summed E-state index contributed by atoms with van der Waals surface area (Å²) in [6, 6.07) is 14.5. The van der Waals surface area contributed by atoms with Gasteiger partial charge in [0.05, 0.1) is 39.0 Å². The van der Waals surface area contributed by atoms with Crippen molar-refractivity contribution in [1.29, 1.82) is 0 Å². The number of methoxy groups -OCH3 is 2. The molecular weight excluding hydrogens is 582 g/mol. The smallest absolute Gasteiger partial charge is 0.264 e. The van der Waals surface area contributed by atoms with Crippen LogP contribution in [0.3, 0.4) is 0 Å². The maximum absolute atomic E-state index is 13.3. The third kappa shape index (κ3) is 8.47. The first-order valence-corrected chi connectivity index (χ1v) is 15.0. The molecule has 4 aromatic rings. The molecule has 0 spiro atoms. The van der Waals surface area contributed by atoms with Gasteiger partial charge in [0.1, 0.15) is 21.3 Å². The Labute approximate surface area is 236 Å². The van der Waals surface area contributed by atoms with Gasteiger partial charge in [-0.2, -0.15) is 4.31 Å². The lowest BCUT2D eigenvalue weighted by atomic mass is 10.2. The third-order valence-electron chi connectivity index (χ3n) is 5.25. The minimum atomic E-state index is -3.86. The number of aromatic nitrogens is 4. The predicted molar refractivity (Wildman–Crippen MR) is 148 cm³/mol. The van der Waals surface area contributed by atoms with Crippen molar-refractivity contribution in [2.24, 2.45) is 0 Å². The van der Waals surface area contributed by atoms with E-state index < -0.39 is 19.1 Å². The number of rotatable bonds is 9. The van der Waals surface area contributed by atoms with Gasteiger partial charge in [-0.1, -0.05) is 24.3 Å². The number of nitrogens with zero attached hydrogens (tertiary/aromatic N) is 5. The van der Waals surface area contributed by atoms with E-state index in [9.17, 15) is 16.8 Å². The molecule has 4 rings (SSSR count). The summed E-state index contributed by atoms with van der Waals surface area (Å²) in [4.78, 5) is 14.3. The maximum atomic E-state index is 13.3. The zero-order valence-electron chi connectivity index (χ0n) is 21.4. The highest BCUT2D eigenvalue weighted by atomic mass is 35.7. The SMILES string of the molecule is COc1ccc(CN(Cc2ccc(OC)cc2)S(=O)(=O)c2cnc(N)nc2)cc1.Nc1ncc(S(=O)(=O)Cl)cn1. The summed E-state index contributed by atoms with van der Waals surface area (Å²) >= 11 is 0. The van der Waals surface area contributed by atoms with Crippen molar-refractivity contribution in [3.63, 3.8) is 0 Å². The standard InChI is InChI=1S/C20H22N4O4S.C4H4ClN3O2S/c1-27-17-7-3-15(4-8-17)13-24(14-16-5-9-18(28-2)10-6-16)29(25,26)19-11-22-20(21)23-12-19;5-11(9,10)3-1-7-4(6)8-2-3/h3-12H,13-14H2,1-2H3,(H2,21,22,23);1-2H,(H2,6,7,8). The molecule has 212 valence electrons. The van der Waals surface area contributed by atoms with Gasteiger partial charge in [-0.25, -0.2) is 36.8 Å². The number of nitrogens with two attached hydrogens (primary N) is 2. The van der Waals surface area contributed by atoms with Crippen LogP contribution < -0.4 is 20.9 Å². The van der Waals surface area contributed by atoms with Crippen LogP contribution in [-0.4, -0.2) is 55.3 Å². The topological polar surface area (TPSA) is 194 Å². The molecule has 2 aromatic carbocycles. The highest BCUT2D eigenvalue weighted by Gasteiger charge is 2.26. The van der Waals surface area contributed by atoms with E-state index in [4.69, 9.17) is 31.6 Å². The second kappa shape index (κ2) is 13.3. The zero-order chi connectivity index (χ0) is 29.3. The zero-order valence-corrected chi connectivity index (χ0v) is 23.8. The van der Waals surface area contributed by atoms with Crippen molar-refractivity contribution in [2.75, 3.05) is 25.7 Å². The Kier molecular flexibility index (Phi) is 10.2. The summed E-state index contributed by atoms with van der Waals surface area (Å²) in [5.41, 5.74) is 12.2. The third-order valence-corrected chi connectivity index (χ3v) is 8.30. The van der Waals surface area contributed by atoms with Crippen LogP contribution in [0.15, 0.2) is 83.1 Å². The molecule has 0 bridgehead atoms. The monoisotopic (exact) mass is 607 g/mol. The number of anilines is 2. The molecule has 16 heteroatoms. The van der Waals surface area contributed by atoms with E-state index in [1.54, 1.807) is 38.5 Å². The first-order chi connectivity index (χ1) is 18.9. The van der Waals surface area contributed by atoms with Crippen molar-refractivity contribution >= 4 is 41.7 Å². The molecular formula is C24H26ClN7O6S2. The van der Waals surface area contributed by atoms with Crippen molar-refractivity contribution in [3.05, 3.63) is 84.4 Å². The number of sulfonamides is 1. The maximum Gasteiger partial charge on any atom is 0.264 e. The van der Waals surface area contributed by atoms with Crippen LogP contribution in [0.4, 0.5) is 11.9 Å². The molecule has 0 aliphatic rings. The number of nitrogen functional groups attached to an aromatic ring is 2.